The predicted molar refractivity (Wildman–Crippen MR) is 101 cm³/mol. The molecule has 1 heterocycles. The Kier molecular flexibility index (Phi) is 4.76. The Morgan fingerprint density at radius 2 is 1.62 bits per heavy atom. The fraction of sp³-hybridized carbons (Fsp3) is 0.250. The molecule has 2 aromatic carbocycles. The molecule has 4 heteroatoms. The van der Waals surface area contributed by atoms with Crippen LogP contribution in [0.25, 0.3) is 11.1 Å². The third-order valence-corrected chi connectivity index (χ3v) is 5.13. The van der Waals surface area contributed by atoms with Gasteiger partial charge in [-0.05, 0) is 44.0 Å². The Hall–Kier alpha value is -2.07. The van der Waals surface area contributed by atoms with Crippen LogP contribution in [0.5, 0.6) is 11.5 Å². The second-order valence-electron chi connectivity index (χ2n) is 5.74. The topological polar surface area (TPSA) is 21.7 Å². The van der Waals surface area contributed by atoms with E-state index in [9.17, 15) is 0 Å². The minimum Gasteiger partial charge on any atom is -0.497 e. The number of methoxy groups -OCH3 is 2. The molecule has 0 saturated carbocycles. The van der Waals surface area contributed by atoms with Gasteiger partial charge in [0.25, 0.3) is 0 Å². The van der Waals surface area contributed by atoms with E-state index in [1.807, 2.05) is 18.2 Å². The predicted octanol–water partition coefficient (Wildman–Crippen LogP) is 5.48. The minimum atomic E-state index is 0.781. The molecule has 24 heavy (non-hydrogen) atoms. The van der Waals surface area contributed by atoms with Crippen LogP contribution in [0.2, 0.25) is 0 Å². The summed E-state index contributed by atoms with van der Waals surface area (Å²) in [6.45, 7) is 6.38. The van der Waals surface area contributed by atoms with Crippen molar-refractivity contribution < 1.29 is 9.47 Å². The molecular weight excluding hydrogens is 318 g/mol. The highest BCUT2D eigenvalue weighted by Gasteiger charge is 2.24. The number of hydrogen-bond acceptors (Lipinski definition) is 4. The van der Waals surface area contributed by atoms with Gasteiger partial charge in [-0.15, -0.1) is 0 Å². The van der Waals surface area contributed by atoms with E-state index in [4.69, 9.17) is 9.47 Å². The molecule has 2 radical (unpaired) electrons. The Bertz CT molecular complexity index is 776. The number of hydrogen-bond donors (Lipinski definition) is 0. The second-order valence-corrected chi connectivity index (χ2v) is 6.74. The Labute approximate surface area is 148 Å². The van der Waals surface area contributed by atoms with Crippen LogP contribution < -0.4 is 14.4 Å². The van der Waals surface area contributed by atoms with Gasteiger partial charge in [0.15, 0.2) is 5.88 Å². The molecule has 2 aromatic rings. The lowest BCUT2D eigenvalue weighted by Crippen LogP contribution is -2.14. The largest absolute Gasteiger partial charge is 0.497 e. The van der Waals surface area contributed by atoms with Crippen molar-refractivity contribution in [3.63, 3.8) is 0 Å². The summed E-state index contributed by atoms with van der Waals surface area (Å²) in [5.74, 6) is 4.96. The molecule has 0 spiro atoms. The summed E-state index contributed by atoms with van der Waals surface area (Å²) in [4.78, 5) is 3.42. The van der Waals surface area contributed by atoms with Gasteiger partial charge in [-0.2, -0.15) is 0 Å². The number of anilines is 1. The molecule has 3 rings (SSSR count). The third kappa shape index (κ3) is 2.98. The van der Waals surface area contributed by atoms with Gasteiger partial charge >= 0.3 is 0 Å². The molecule has 0 unspecified atom stereocenters. The van der Waals surface area contributed by atoms with Crippen LogP contribution in [0.4, 0.5) is 5.69 Å². The highest BCUT2D eigenvalue weighted by Crippen LogP contribution is 2.44. The number of para-hydroxylation sites is 1. The smallest absolute Gasteiger partial charge is 0.168 e. The van der Waals surface area contributed by atoms with Gasteiger partial charge in [0.05, 0.1) is 19.9 Å². The van der Waals surface area contributed by atoms with Crippen molar-refractivity contribution in [1.82, 2.24) is 0 Å². The summed E-state index contributed by atoms with van der Waals surface area (Å²) in [5, 5.41) is 0. The summed E-state index contributed by atoms with van der Waals surface area (Å²) >= 11 is 1.64. The first-order valence-electron chi connectivity index (χ1n) is 7.78. The van der Waals surface area contributed by atoms with Crippen molar-refractivity contribution in [2.24, 2.45) is 0 Å². The highest BCUT2D eigenvalue weighted by molar-refractivity contribution is 8.05. The van der Waals surface area contributed by atoms with E-state index in [1.165, 1.54) is 16.2 Å². The first-order valence-corrected chi connectivity index (χ1v) is 8.60. The quantitative estimate of drug-likeness (QED) is 0.735. The van der Waals surface area contributed by atoms with Gasteiger partial charge in [0, 0.05) is 22.2 Å². The van der Waals surface area contributed by atoms with E-state index in [-0.39, 0.29) is 0 Å². The maximum Gasteiger partial charge on any atom is 0.168 e. The SMILES string of the molecule is COc1cc(OC)cc(-c2cccc(C)c2N2[C]SC(C)=C2C)c1. The molecule has 1 aliphatic rings. The van der Waals surface area contributed by atoms with Crippen molar-refractivity contribution in [3.05, 3.63) is 58.4 Å². The van der Waals surface area contributed by atoms with Crippen LogP contribution in [-0.4, -0.2) is 14.2 Å². The summed E-state index contributed by atoms with van der Waals surface area (Å²) in [7, 11) is 3.34. The normalized spacial score (nSPS) is 14.3. The van der Waals surface area contributed by atoms with Crippen LogP contribution >= 0.6 is 11.8 Å². The van der Waals surface area contributed by atoms with Gasteiger partial charge in [-0.25, -0.2) is 0 Å². The van der Waals surface area contributed by atoms with E-state index in [0.717, 1.165) is 28.3 Å². The van der Waals surface area contributed by atoms with Crippen molar-refractivity contribution >= 4 is 17.4 Å². The van der Waals surface area contributed by atoms with Gasteiger partial charge in [0.2, 0.25) is 0 Å². The Morgan fingerprint density at radius 1 is 0.958 bits per heavy atom. The number of aryl methyl sites for hydroxylation is 1. The van der Waals surface area contributed by atoms with Gasteiger partial charge in [-0.1, -0.05) is 30.0 Å². The van der Waals surface area contributed by atoms with Crippen LogP contribution in [0, 0.1) is 12.8 Å². The summed E-state index contributed by atoms with van der Waals surface area (Å²) in [6.07, 6.45) is 0. The van der Waals surface area contributed by atoms with E-state index in [1.54, 1.807) is 26.0 Å². The first kappa shape index (κ1) is 16.8. The number of nitrogens with zero attached hydrogens (tertiary/aromatic N) is 1. The van der Waals surface area contributed by atoms with Crippen molar-refractivity contribution in [3.8, 4) is 22.6 Å². The summed E-state index contributed by atoms with van der Waals surface area (Å²) in [6, 6.07) is 12.3. The zero-order valence-corrected chi connectivity index (χ0v) is 15.5. The fourth-order valence-corrected chi connectivity index (χ4v) is 3.47. The van der Waals surface area contributed by atoms with Gasteiger partial charge < -0.3 is 14.4 Å². The number of rotatable bonds is 4. The third-order valence-electron chi connectivity index (χ3n) is 4.26. The maximum absolute atomic E-state index is 5.43. The average molecular weight is 339 g/mol. The fourth-order valence-electron chi connectivity index (χ4n) is 2.78. The molecule has 0 atom stereocenters. The van der Waals surface area contributed by atoms with Crippen molar-refractivity contribution in [1.29, 1.82) is 0 Å². The number of benzene rings is 2. The molecule has 124 valence electrons. The van der Waals surface area contributed by atoms with Crippen molar-refractivity contribution in [2.75, 3.05) is 19.1 Å². The standard InChI is InChI=1S/C20H21NO2S/c1-13-7-6-8-19(20(13)21-12-24-15(3)14(21)2)16-9-17(22-4)11-18(10-16)23-5/h6-11H,1-5H3. The van der Waals surface area contributed by atoms with Crippen LogP contribution in [0.3, 0.4) is 0 Å². The van der Waals surface area contributed by atoms with Crippen LogP contribution in [-0.2, 0) is 0 Å². The maximum atomic E-state index is 5.43. The molecule has 0 amide bonds. The average Bonchev–Trinajstić information content (AvgIpc) is 2.93. The second kappa shape index (κ2) is 6.81. The first-order chi connectivity index (χ1) is 11.5. The van der Waals surface area contributed by atoms with E-state index >= 15 is 0 Å². The zero-order valence-electron chi connectivity index (χ0n) is 14.6. The molecule has 0 fully saturated rings. The summed E-state index contributed by atoms with van der Waals surface area (Å²) in [5.41, 5.74) is 5.76. The molecule has 0 saturated heterocycles. The van der Waals surface area contributed by atoms with E-state index < -0.39 is 0 Å². The molecule has 0 N–H and O–H groups in total. The lowest BCUT2D eigenvalue weighted by atomic mass is 9.99. The number of ether oxygens (including phenoxy) is 2. The number of allylic oxidation sites excluding steroid dienone is 2. The molecule has 0 aromatic heterocycles. The van der Waals surface area contributed by atoms with E-state index in [0.29, 0.717) is 0 Å². The molecular formula is C20H21NO2S. The molecule has 3 nitrogen and oxygen atoms in total. The molecule has 0 bridgehead atoms. The van der Waals surface area contributed by atoms with Crippen LogP contribution in [0.15, 0.2) is 47.0 Å². The highest BCUT2D eigenvalue weighted by atomic mass is 32.2. The summed E-state index contributed by atoms with van der Waals surface area (Å²) < 4.78 is 10.9. The van der Waals surface area contributed by atoms with Crippen LogP contribution in [0.1, 0.15) is 19.4 Å². The monoisotopic (exact) mass is 339 g/mol. The zero-order chi connectivity index (χ0) is 17.3. The lowest BCUT2D eigenvalue weighted by molar-refractivity contribution is 0.394. The van der Waals surface area contributed by atoms with Gasteiger partial charge in [0.1, 0.15) is 11.5 Å². The van der Waals surface area contributed by atoms with E-state index in [2.05, 4.69) is 49.7 Å². The Balaban J connectivity index is 2.18. The minimum absolute atomic E-state index is 0.781. The van der Waals surface area contributed by atoms with Crippen molar-refractivity contribution in [2.45, 2.75) is 20.8 Å². The number of thioether (sulfide) groups is 1. The molecule has 0 aliphatic carbocycles. The molecule has 1 aliphatic heterocycles. The van der Waals surface area contributed by atoms with Gasteiger partial charge in [-0.3, -0.25) is 0 Å². The Morgan fingerprint density at radius 3 is 2.17 bits per heavy atom. The lowest BCUT2D eigenvalue weighted by Gasteiger charge is -2.24.